The third kappa shape index (κ3) is 4.38. The van der Waals surface area contributed by atoms with Crippen LogP contribution in [-0.2, 0) is 10.9 Å². The van der Waals surface area contributed by atoms with Crippen molar-refractivity contribution in [3.8, 4) is 17.0 Å². The van der Waals surface area contributed by atoms with Crippen molar-refractivity contribution in [1.82, 2.24) is 15.0 Å². The Balaban J connectivity index is 1.81. The molecule has 1 amide bonds. The molecule has 12 heteroatoms. The van der Waals surface area contributed by atoms with Crippen molar-refractivity contribution in [1.29, 1.82) is 0 Å². The molecule has 2 aromatic heterocycles. The maximum absolute atomic E-state index is 13.8. The van der Waals surface area contributed by atoms with Crippen LogP contribution in [0, 0.1) is 0 Å². The Hall–Kier alpha value is -3.54. The summed E-state index contributed by atoms with van der Waals surface area (Å²) in [5, 5.41) is 6.00. The second-order valence-corrected chi connectivity index (χ2v) is 7.69. The monoisotopic (exact) mass is 464 g/mol. The Morgan fingerprint density at radius 3 is 2.70 bits per heavy atom. The number of carbonyl (C=O) groups excluding carboxylic acids is 1. The van der Waals surface area contributed by atoms with Crippen molar-refractivity contribution >= 4 is 28.6 Å². The number of alkyl halides is 3. The number of nitrogens with one attached hydrogen (secondary N) is 3. The summed E-state index contributed by atoms with van der Waals surface area (Å²) in [4.78, 5) is 22.7. The summed E-state index contributed by atoms with van der Waals surface area (Å²) in [5.74, 6) is 0.313. The zero-order chi connectivity index (χ0) is 23.8. The van der Waals surface area contributed by atoms with Gasteiger partial charge < -0.3 is 25.5 Å². The molecule has 1 saturated carbocycles. The van der Waals surface area contributed by atoms with Gasteiger partial charge in [-0.15, -0.1) is 0 Å². The highest BCUT2D eigenvalue weighted by Crippen LogP contribution is 2.42. The number of nitrogens with two attached hydrogens (primary N) is 1. The number of ether oxygens (including phenoxy) is 2. The van der Waals surface area contributed by atoms with E-state index in [0.29, 0.717) is 16.6 Å². The lowest BCUT2D eigenvalue weighted by Crippen LogP contribution is -2.35. The maximum Gasteiger partial charge on any atom is 0.419 e. The Kier molecular flexibility index (Phi) is 6.02. The summed E-state index contributed by atoms with van der Waals surface area (Å²) in [6.07, 6.45) is -0.646. The first kappa shape index (κ1) is 22.6. The number of hydrogen-bond acceptors (Lipinski definition) is 7. The molecule has 0 spiro atoms. The normalized spacial score (nSPS) is 18.4. The van der Waals surface area contributed by atoms with Gasteiger partial charge in [0.15, 0.2) is 5.75 Å². The highest BCUT2D eigenvalue weighted by molar-refractivity contribution is 6.03. The number of fused-ring (bicyclic) bond motifs is 1. The van der Waals surface area contributed by atoms with Crippen LogP contribution in [0.2, 0.25) is 0 Å². The minimum absolute atomic E-state index is 0.0747. The van der Waals surface area contributed by atoms with E-state index in [9.17, 15) is 18.0 Å². The fourth-order valence-corrected chi connectivity index (χ4v) is 4.04. The summed E-state index contributed by atoms with van der Waals surface area (Å²) in [6, 6.07) is 2.86. The van der Waals surface area contributed by atoms with Gasteiger partial charge in [-0.2, -0.15) is 13.2 Å². The third-order valence-electron chi connectivity index (χ3n) is 5.67. The van der Waals surface area contributed by atoms with E-state index < -0.39 is 17.8 Å². The molecule has 1 fully saturated rings. The molecule has 1 aliphatic carbocycles. The molecule has 0 bridgehead atoms. The van der Waals surface area contributed by atoms with E-state index in [1.54, 1.807) is 6.07 Å². The number of aromatic nitrogens is 3. The molecule has 5 N–H and O–H groups in total. The number of halogens is 3. The SMILES string of the molecule is COC(=O)Nc1ccc2c(-c3nc(N[C@H]4CCC[C@@H]4N)ncc3C(F)(F)F)c[nH]c2c1OC. The molecular formula is C21H23F3N6O3. The first-order chi connectivity index (χ1) is 15.7. The van der Waals surface area contributed by atoms with Gasteiger partial charge >= 0.3 is 12.3 Å². The van der Waals surface area contributed by atoms with Crippen LogP contribution in [0.25, 0.3) is 22.2 Å². The molecule has 2 heterocycles. The number of hydrogen-bond donors (Lipinski definition) is 4. The zero-order valence-electron chi connectivity index (χ0n) is 17.9. The number of benzene rings is 1. The summed E-state index contributed by atoms with van der Waals surface area (Å²) in [7, 11) is 2.60. The first-order valence-corrected chi connectivity index (χ1v) is 10.2. The van der Waals surface area contributed by atoms with Gasteiger partial charge in [0.2, 0.25) is 5.95 Å². The van der Waals surface area contributed by atoms with Crippen LogP contribution >= 0.6 is 0 Å². The number of aromatic amines is 1. The fraction of sp³-hybridized carbons (Fsp3) is 0.381. The molecule has 176 valence electrons. The number of H-pyrrole nitrogens is 1. The Morgan fingerprint density at radius 1 is 1.27 bits per heavy atom. The van der Waals surface area contributed by atoms with Crippen LogP contribution in [-0.4, -0.2) is 47.3 Å². The first-order valence-electron chi connectivity index (χ1n) is 10.2. The molecule has 4 rings (SSSR count). The highest BCUT2D eigenvalue weighted by atomic mass is 19.4. The Labute approximate surface area is 186 Å². The fourth-order valence-electron chi connectivity index (χ4n) is 4.04. The minimum atomic E-state index is -4.67. The maximum atomic E-state index is 13.8. The van der Waals surface area contributed by atoms with Crippen molar-refractivity contribution in [2.45, 2.75) is 37.5 Å². The molecular weight excluding hydrogens is 441 g/mol. The molecule has 1 aliphatic rings. The van der Waals surface area contributed by atoms with Crippen LogP contribution in [0.1, 0.15) is 24.8 Å². The van der Waals surface area contributed by atoms with E-state index in [2.05, 4.69) is 30.3 Å². The minimum Gasteiger partial charge on any atom is -0.492 e. The lowest BCUT2D eigenvalue weighted by atomic mass is 10.0. The van der Waals surface area contributed by atoms with Crippen molar-refractivity contribution in [2.24, 2.45) is 5.73 Å². The standard InChI is InChI=1S/C21H23F3N6O3/c1-32-18-15(29-20(31)33-2)7-6-10-11(8-26-17(10)18)16-12(21(22,23)24)9-27-19(30-16)28-14-5-3-4-13(14)25/h6-9,13-14,26H,3-5,25H2,1-2H3,(H,29,31)(H,27,28,30)/t13-,14-/m0/s1. The van der Waals surface area contributed by atoms with Gasteiger partial charge in [0.1, 0.15) is 5.56 Å². The molecule has 0 aliphatic heterocycles. The predicted molar refractivity (Wildman–Crippen MR) is 116 cm³/mol. The average molecular weight is 464 g/mol. The molecule has 1 aromatic carbocycles. The number of amides is 1. The largest absolute Gasteiger partial charge is 0.492 e. The number of rotatable bonds is 5. The van der Waals surface area contributed by atoms with Crippen LogP contribution in [0.15, 0.2) is 24.5 Å². The van der Waals surface area contributed by atoms with Gasteiger partial charge in [-0.25, -0.2) is 14.8 Å². The quantitative estimate of drug-likeness (QED) is 0.447. The molecule has 0 radical (unpaired) electrons. The summed E-state index contributed by atoms with van der Waals surface area (Å²) in [6.45, 7) is 0. The molecule has 2 atom stereocenters. The summed E-state index contributed by atoms with van der Waals surface area (Å²) >= 11 is 0. The highest BCUT2D eigenvalue weighted by Gasteiger charge is 2.36. The van der Waals surface area contributed by atoms with Crippen molar-refractivity contribution < 1.29 is 27.4 Å². The van der Waals surface area contributed by atoms with E-state index >= 15 is 0 Å². The predicted octanol–water partition coefficient (Wildman–Crippen LogP) is 4.12. The summed E-state index contributed by atoms with van der Waals surface area (Å²) in [5.41, 5.74) is 5.70. The average Bonchev–Trinajstić information content (AvgIpc) is 3.38. The number of nitrogens with zero attached hydrogens (tertiary/aromatic N) is 2. The van der Waals surface area contributed by atoms with Crippen LogP contribution in [0.3, 0.4) is 0 Å². The zero-order valence-corrected chi connectivity index (χ0v) is 17.9. The van der Waals surface area contributed by atoms with Gasteiger partial charge in [0.25, 0.3) is 0 Å². The molecule has 0 unspecified atom stereocenters. The molecule has 0 saturated heterocycles. The Bertz CT molecular complexity index is 1180. The number of methoxy groups -OCH3 is 2. The second-order valence-electron chi connectivity index (χ2n) is 7.69. The molecule has 3 aromatic rings. The van der Waals surface area contributed by atoms with Crippen molar-refractivity contribution in [3.63, 3.8) is 0 Å². The van der Waals surface area contributed by atoms with E-state index in [4.69, 9.17) is 10.5 Å². The van der Waals surface area contributed by atoms with Gasteiger partial charge in [0, 0.05) is 35.4 Å². The second kappa shape index (κ2) is 8.77. The number of anilines is 2. The van der Waals surface area contributed by atoms with E-state index in [-0.39, 0.29) is 35.0 Å². The lowest BCUT2D eigenvalue weighted by Gasteiger charge is -2.19. The lowest BCUT2D eigenvalue weighted by molar-refractivity contribution is -0.137. The van der Waals surface area contributed by atoms with Crippen LogP contribution in [0.5, 0.6) is 5.75 Å². The van der Waals surface area contributed by atoms with Gasteiger partial charge in [-0.3, -0.25) is 5.32 Å². The Morgan fingerprint density at radius 2 is 2.06 bits per heavy atom. The number of carbonyl (C=O) groups is 1. The topological polar surface area (TPSA) is 127 Å². The van der Waals surface area contributed by atoms with Crippen molar-refractivity contribution in [3.05, 3.63) is 30.1 Å². The van der Waals surface area contributed by atoms with E-state index in [1.165, 1.54) is 26.5 Å². The van der Waals surface area contributed by atoms with Gasteiger partial charge in [-0.05, 0) is 31.4 Å². The van der Waals surface area contributed by atoms with Crippen molar-refractivity contribution in [2.75, 3.05) is 24.9 Å². The summed E-state index contributed by atoms with van der Waals surface area (Å²) < 4.78 is 51.4. The molecule has 33 heavy (non-hydrogen) atoms. The third-order valence-corrected chi connectivity index (χ3v) is 5.67. The smallest absolute Gasteiger partial charge is 0.419 e. The van der Waals surface area contributed by atoms with Gasteiger partial charge in [0.05, 0.1) is 31.1 Å². The van der Waals surface area contributed by atoms with E-state index in [0.717, 1.165) is 25.5 Å². The van der Waals surface area contributed by atoms with Gasteiger partial charge in [-0.1, -0.05) is 0 Å². The van der Waals surface area contributed by atoms with Crippen LogP contribution < -0.4 is 21.1 Å². The van der Waals surface area contributed by atoms with Crippen LogP contribution in [0.4, 0.5) is 29.6 Å². The van der Waals surface area contributed by atoms with E-state index in [1.807, 2.05) is 0 Å². The molecule has 9 nitrogen and oxygen atoms in total.